The van der Waals surface area contributed by atoms with Crippen LogP contribution >= 0.6 is 0 Å². The van der Waals surface area contributed by atoms with Crippen LogP contribution in [-0.4, -0.2) is 17.3 Å². The zero-order chi connectivity index (χ0) is 13.3. The summed E-state index contributed by atoms with van der Waals surface area (Å²) in [6, 6.07) is 8.88. The zero-order valence-electron chi connectivity index (χ0n) is 11.7. The van der Waals surface area contributed by atoms with E-state index in [-0.39, 0.29) is 5.41 Å². The molecule has 0 bridgehead atoms. The Morgan fingerprint density at radius 3 is 2.11 bits per heavy atom. The quantitative estimate of drug-likeness (QED) is 0.873. The molecule has 1 aromatic rings. The third kappa shape index (κ3) is 2.70. The minimum atomic E-state index is -0.391. The number of aliphatic hydroxyl groups is 1. The van der Waals surface area contributed by atoms with Crippen molar-refractivity contribution in [3.8, 4) is 0 Å². The lowest BCUT2D eigenvalue weighted by Crippen LogP contribution is -2.37. The monoisotopic (exact) mass is 259 g/mol. The van der Waals surface area contributed by atoms with Crippen LogP contribution in [0.3, 0.4) is 0 Å². The van der Waals surface area contributed by atoms with E-state index in [1.165, 1.54) is 43.2 Å². The summed E-state index contributed by atoms with van der Waals surface area (Å²) >= 11 is 0. The Morgan fingerprint density at radius 2 is 1.58 bits per heavy atom. The molecule has 2 saturated carbocycles. The third-order valence-corrected chi connectivity index (χ3v) is 5.13. The molecule has 3 N–H and O–H groups in total. The Morgan fingerprint density at radius 1 is 0.947 bits per heavy atom. The summed E-state index contributed by atoms with van der Waals surface area (Å²) < 4.78 is 0. The zero-order valence-corrected chi connectivity index (χ0v) is 11.7. The van der Waals surface area contributed by atoms with Crippen molar-refractivity contribution < 1.29 is 5.11 Å². The van der Waals surface area contributed by atoms with E-state index in [0.717, 1.165) is 25.8 Å². The molecule has 3 rings (SSSR count). The molecule has 2 heteroatoms. The van der Waals surface area contributed by atoms with Crippen LogP contribution < -0.4 is 5.73 Å². The van der Waals surface area contributed by atoms with Gasteiger partial charge in [-0.25, -0.2) is 0 Å². The highest BCUT2D eigenvalue weighted by atomic mass is 16.3. The minimum absolute atomic E-state index is 0.216. The Kier molecular flexibility index (Phi) is 3.40. The molecule has 0 amide bonds. The first-order valence-corrected chi connectivity index (χ1v) is 7.68. The van der Waals surface area contributed by atoms with E-state index >= 15 is 0 Å². The van der Waals surface area contributed by atoms with Gasteiger partial charge in [0.15, 0.2) is 0 Å². The molecule has 0 aliphatic heterocycles. The Labute approximate surface area is 116 Å². The van der Waals surface area contributed by atoms with Crippen LogP contribution in [-0.2, 0) is 11.8 Å². The highest BCUT2D eigenvalue weighted by molar-refractivity contribution is 5.31. The molecule has 2 nitrogen and oxygen atoms in total. The van der Waals surface area contributed by atoms with Crippen molar-refractivity contribution in [1.29, 1.82) is 0 Å². The lowest BCUT2D eigenvalue weighted by molar-refractivity contribution is 0.151. The summed E-state index contributed by atoms with van der Waals surface area (Å²) in [5.41, 5.74) is 8.56. The minimum Gasteiger partial charge on any atom is -0.390 e. The molecule has 0 heterocycles. The molecule has 0 saturated heterocycles. The van der Waals surface area contributed by atoms with E-state index in [9.17, 15) is 5.11 Å². The van der Waals surface area contributed by atoms with Crippen molar-refractivity contribution >= 4 is 0 Å². The van der Waals surface area contributed by atoms with Crippen LogP contribution in [0.25, 0.3) is 0 Å². The van der Waals surface area contributed by atoms with Crippen LogP contribution in [0, 0.1) is 0 Å². The van der Waals surface area contributed by atoms with Gasteiger partial charge in [-0.3, -0.25) is 0 Å². The average Bonchev–Trinajstić information content (AvgIpc) is 3.18. The molecule has 0 radical (unpaired) electrons. The maximum Gasteiger partial charge on any atom is 0.0690 e. The molecule has 1 aromatic carbocycles. The van der Waals surface area contributed by atoms with Crippen LogP contribution in [0.4, 0.5) is 0 Å². The van der Waals surface area contributed by atoms with Gasteiger partial charge in [-0.2, -0.15) is 0 Å². The lowest BCUT2D eigenvalue weighted by Gasteiger charge is -2.37. The van der Waals surface area contributed by atoms with Gasteiger partial charge in [-0.15, -0.1) is 0 Å². The van der Waals surface area contributed by atoms with Gasteiger partial charge in [0.25, 0.3) is 0 Å². The summed E-state index contributed by atoms with van der Waals surface area (Å²) in [4.78, 5) is 0. The molecule has 0 spiro atoms. The summed E-state index contributed by atoms with van der Waals surface area (Å²) in [5, 5.41) is 9.98. The van der Waals surface area contributed by atoms with Gasteiger partial charge in [0.1, 0.15) is 0 Å². The first-order valence-electron chi connectivity index (χ1n) is 7.68. The van der Waals surface area contributed by atoms with Crippen molar-refractivity contribution in [3.05, 3.63) is 35.4 Å². The van der Waals surface area contributed by atoms with Gasteiger partial charge in [0.2, 0.25) is 0 Å². The van der Waals surface area contributed by atoms with Crippen LogP contribution in [0.5, 0.6) is 0 Å². The number of benzene rings is 1. The fourth-order valence-electron chi connectivity index (χ4n) is 3.52. The summed E-state index contributed by atoms with van der Waals surface area (Å²) in [7, 11) is 0. The Hall–Kier alpha value is -0.860. The Bertz CT molecular complexity index is 427. The molecular weight excluding hydrogens is 234 g/mol. The number of rotatable bonds is 4. The molecule has 2 aliphatic carbocycles. The van der Waals surface area contributed by atoms with E-state index in [1.54, 1.807) is 0 Å². The molecule has 2 fully saturated rings. The van der Waals surface area contributed by atoms with Crippen molar-refractivity contribution in [2.24, 2.45) is 5.73 Å². The van der Waals surface area contributed by atoms with Crippen molar-refractivity contribution in [2.45, 2.75) is 62.4 Å². The first-order chi connectivity index (χ1) is 9.16. The standard InChI is InChI=1S/C17H25NO/c18-13-16(8-2-1-3-9-16)15-6-4-14(5-7-15)12-17(19)10-11-17/h4-7,19H,1-3,8-13,18H2. The van der Waals surface area contributed by atoms with E-state index in [0.29, 0.717) is 0 Å². The largest absolute Gasteiger partial charge is 0.390 e. The molecule has 2 aliphatic rings. The van der Waals surface area contributed by atoms with Gasteiger partial charge < -0.3 is 10.8 Å². The van der Waals surface area contributed by atoms with Gasteiger partial charge in [0, 0.05) is 18.4 Å². The second-order valence-corrected chi connectivity index (χ2v) is 6.64. The highest BCUT2D eigenvalue weighted by Gasteiger charge is 2.40. The third-order valence-electron chi connectivity index (χ3n) is 5.13. The maximum absolute atomic E-state index is 9.98. The van der Waals surface area contributed by atoms with Gasteiger partial charge in [0.05, 0.1) is 5.60 Å². The Balaban J connectivity index is 1.76. The SMILES string of the molecule is NCC1(c2ccc(CC3(O)CC3)cc2)CCCCC1. The van der Waals surface area contributed by atoms with Gasteiger partial charge in [-0.05, 0) is 36.8 Å². The van der Waals surface area contributed by atoms with Crippen LogP contribution in [0.1, 0.15) is 56.1 Å². The van der Waals surface area contributed by atoms with Crippen molar-refractivity contribution in [1.82, 2.24) is 0 Å². The van der Waals surface area contributed by atoms with E-state index in [2.05, 4.69) is 24.3 Å². The smallest absolute Gasteiger partial charge is 0.0690 e. The maximum atomic E-state index is 9.98. The van der Waals surface area contributed by atoms with Crippen LogP contribution in [0.15, 0.2) is 24.3 Å². The second-order valence-electron chi connectivity index (χ2n) is 6.64. The predicted molar refractivity (Wildman–Crippen MR) is 78.1 cm³/mol. The van der Waals surface area contributed by atoms with Gasteiger partial charge in [-0.1, -0.05) is 43.5 Å². The summed E-state index contributed by atoms with van der Waals surface area (Å²) in [6.07, 6.45) is 9.15. The second kappa shape index (κ2) is 4.92. The van der Waals surface area contributed by atoms with E-state index < -0.39 is 5.60 Å². The van der Waals surface area contributed by atoms with Crippen molar-refractivity contribution in [2.75, 3.05) is 6.54 Å². The summed E-state index contributed by atoms with van der Waals surface area (Å²) in [5.74, 6) is 0. The fraction of sp³-hybridized carbons (Fsp3) is 0.647. The number of nitrogens with two attached hydrogens (primary N) is 1. The van der Waals surface area contributed by atoms with Gasteiger partial charge >= 0.3 is 0 Å². The molecule has 19 heavy (non-hydrogen) atoms. The topological polar surface area (TPSA) is 46.2 Å². The normalized spacial score (nSPS) is 24.1. The van der Waals surface area contributed by atoms with E-state index in [1.807, 2.05) is 0 Å². The molecular formula is C17H25NO. The predicted octanol–water partition coefficient (Wildman–Crippen LogP) is 2.91. The fourth-order valence-corrected chi connectivity index (χ4v) is 3.52. The molecule has 0 atom stereocenters. The molecule has 104 valence electrons. The first kappa shape index (κ1) is 13.1. The molecule has 0 aromatic heterocycles. The average molecular weight is 259 g/mol. The van der Waals surface area contributed by atoms with Crippen LogP contribution in [0.2, 0.25) is 0 Å². The highest BCUT2D eigenvalue weighted by Crippen LogP contribution is 2.40. The van der Waals surface area contributed by atoms with E-state index in [4.69, 9.17) is 5.73 Å². The number of hydrogen-bond donors (Lipinski definition) is 2. The molecule has 0 unspecified atom stereocenters. The summed E-state index contributed by atoms with van der Waals surface area (Å²) in [6.45, 7) is 0.760. The number of hydrogen-bond acceptors (Lipinski definition) is 2. The lowest BCUT2D eigenvalue weighted by atomic mass is 9.69. The van der Waals surface area contributed by atoms with Crippen molar-refractivity contribution in [3.63, 3.8) is 0 Å².